The zero-order valence-corrected chi connectivity index (χ0v) is 13.8. The van der Waals surface area contributed by atoms with Crippen molar-refractivity contribution in [2.24, 2.45) is 0 Å². The Kier molecular flexibility index (Phi) is 6.33. The Balaban J connectivity index is 2.14. The molecule has 0 unspecified atom stereocenters. The molecule has 2 aromatic rings. The van der Waals surface area contributed by atoms with Crippen LogP contribution in [0.25, 0.3) is 11.1 Å². The average Bonchev–Trinajstić information content (AvgIpc) is 2.58. The molecule has 0 N–H and O–H groups in total. The summed E-state index contributed by atoms with van der Waals surface area (Å²) in [4.78, 5) is 11.8. The van der Waals surface area contributed by atoms with Crippen molar-refractivity contribution in [3.63, 3.8) is 0 Å². The molecule has 0 spiro atoms. The van der Waals surface area contributed by atoms with Crippen molar-refractivity contribution < 1.29 is 13.9 Å². The summed E-state index contributed by atoms with van der Waals surface area (Å²) in [6, 6.07) is 12.3. The van der Waals surface area contributed by atoms with Crippen LogP contribution in [-0.2, 0) is 11.2 Å². The second-order valence-electron chi connectivity index (χ2n) is 5.63. The predicted octanol–water partition coefficient (Wildman–Crippen LogP) is 5.40. The van der Waals surface area contributed by atoms with Crippen LogP contribution < -0.4 is 0 Å². The Morgan fingerprint density at radius 1 is 1.04 bits per heavy atom. The highest BCUT2D eigenvalue weighted by Crippen LogP contribution is 2.25. The molecule has 0 amide bonds. The molecule has 0 aliphatic rings. The molecule has 0 saturated heterocycles. The molecule has 0 radical (unpaired) electrons. The third kappa shape index (κ3) is 4.65. The fourth-order valence-corrected chi connectivity index (χ4v) is 2.39. The lowest BCUT2D eigenvalue weighted by molar-refractivity contribution is 0.0505. The van der Waals surface area contributed by atoms with Crippen LogP contribution in [0.3, 0.4) is 0 Å². The predicted molar refractivity (Wildman–Crippen MR) is 91.0 cm³/mol. The minimum Gasteiger partial charge on any atom is -0.462 e. The maximum Gasteiger partial charge on any atom is 0.338 e. The fourth-order valence-electron chi connectivity index (χ4n) is 2.39. The van der Waals surface area contributed by atoms with Gasteiger partial charge in [0.05, 0.1) is 12.2 Å². The van der Waals surface area contributed by atoms with E-state index in [0.29, 0.717) is 17.7 Å². The number of halogens is 1. The van der Waals surface area contributed by atoms with Crippen molar-refractivity contribution in [2.75, 3.05) is 6.61 Å². The standard InChI is InChI=1S/C20H23FO2/c1-3-5-6-15-7-12-18(19(21)14-15)16-8-10-17(11-9-16)20(22)23-13-4-2/h7-12,14H,3-6,13H2,1-2H3. The number of unbranched alkanes of at least 4 members (excludes halogenated alkanes) is 1. The van der Waals surface area contributed by atoms with Crippen LogP contribution in [0.2, 0.25) is 0 Å². The van der Waals surface area contributed by atoms with Gasteiger partial charge in [0, 0.05) is 5.56 Å². The third-order valence-electron chi connectivity index (χ3n) is 3.72. The third-order valence-corrected chi connectivity index (χ3v) is 3.72. The van der Waals surface area contributed by atoms with E-state index < -0.39 is 0 Å². The summed E-state index contributed by atoms with van der Waals surface area (Å²) in [6.45, 7) is 4.48. The second kappa shape index (κ2) is 8.47. The summed E-state index contributed by atoms with van der Waals surface area (Å²) in [5.41, 5.74) is 2.82. The molecule has 2 rings (SSSR count). The first kappa shape index (κ1) is 17.2. The van der Waals surface area contributed by atoms with Gasteiger partial charge in [-0.15, -0.1) is 0 Å². The van der Waals surface area contributed by atoms with Crippen LogP contribution in [0.1, 0.15) is 49.0 Å². The van der Waals surface area contributed by atoms with Gasteiger partial charge in [-0.2, -0.15) is 0 Å². The van der Waals surface area contributed by atoms with Gasteiger partial charge < -0.3 is 4.74 Å². The quantitative estimate of drug-likeness (QED) is 0.639. The van der Waals surface area contributed by atoms with E-state index in [9.17, 15) is 9.18 Å². The Labute approximate surface area is 137 Å². The average molecular weight is 314 g/mol. The number of benzene rings is 2. The maximum atomic E-state index is 14.3. The summed E-state index contributed by atoms with van der Waals surface area (Å²) in [5, 5.41) is 0. The molecule has 0 heterocycles. The minimum atomic E-state index is -0.339. The van der Waals surface area contributed by atoms with Crippen molar-refractivity contribution in [2.45, 2.75) is 39.5 Å². The second-order valence-corrected chi connectivity index (χ2v) is 5.63. The van der Waals surface area contributed by atoms with Gasteiger partial charge in [0.25, 0.3) is 0 Å². The number of carbonyl (C=O) groups is 1. The molecule has 122 valence electrons. The molecule has 23 heavy (non-hydrogen) atoms. The largest absolute Gasteiger partial charge is 0.462 e. The van der Waals surface area contributed by atoms with Crippen LogP contribution in [0.15, 0.2) is 42.5 Å². The fraction of sp³-hybridized carbons (Fsp3) is 0.350. The lowest BCUT2D eigenvalue weighted by Crippen LogP contribution is -2.05. The number of hydrogen-bond acceptors (Lipinski definition) is 2. The molecule has 0 aliphatic carbocycles. The van der Waals surface area contributed by atoms with Crippen LogP contribution in [-0.4, -0.2) is 12.6 Å². The first-order valence-electron chi connectivity index (χ1n) is 8.21. The SMILES string of the molecule is CCCCc1ccc(-c2ccc(C(=O)OCCC)cc2)c(F)c1. The first-order valence-corrected chi connectivity index (χ1v) is 8.21. The molecule has 0 aromatic heterocycles. The zero-order valence-electron chi connectivity index (χ0n) is 13.8. The number of esters is 1. The van der Waals surface area contributed by atoms with Crippen LogP contribution >= 0.6 is 0 Å². The summed E-state index contributed by atoms with van der Waals surface area (Å²) < 4.78 is 19.4. The van der Waals surface area contributed by atoms with Gasteiger partial charge in [0.1, 0.15) is 5.82 Å². The Morgan fingerprint density at radius 3 is 2.39 bits per heavy atom. The number of carbonyl (C=O) groups excluding carboxylic acids is 1. The van der Waals surface area contributed by atoms with Crippen molar-refractivity contribution in [3.8, 4) is 11.1 Å². The minimum absolute atomic E-state index is 0.222. The van der Waals surface area contributed by atoms with Crippen molar-refractivity contribution in [3.05, 3.63) is 59.4 Å². The number of hydrogen-bond donors (Lipinski definition) is 0. The van der Waals surface area contributed by atoms with Crippen LogP contribution in [0.4, 0.5) is 4.39 Å². The normalized spacial score (nSPS) is 10.6. The smallest absolute Gasteiger partial charge is 0.338 e. The Hall–Kier alpha value is -2.16. The first-order chi connectivity index (χ1) is 11.2. The van der Waals surface area contributed by atoms with Crippen molar-refractivity contribution in [1.82, 2.24) is 0 Å². The van der Waals surface area contributed by atoms with E-state index in [1.165, 1.54) is 0 Å². The molecule has 0 saturated carbocycles. The molecule has 0 aliphatic heterocycles. The zero-order chi connectivity index (χ0) is 16.7. The lowest BCUT2D eigenvalue weighted by atomic mass is 10.00. The van der Waals surface area contributed by atoms with E-state index in [1.54, 1.807) is 30.3 Å². The van der Waals surface area contributed by atoms with Gasteiger partial charge in [0.2, 0.25) is 0 Å². The van der Waals surface area contributed by atoms with Crippen LogP contribution in [0.5, 0.6) is 0 Å². The molecular formula is C20H23FO2. The van der Waals surface area contributed by atoms with Gasteiger partial charge in [-0.25, -0.2) is 9.18 Å². The van der Waals surface area contributed by atoms with Gasteiger partial charge in [-0.1, -0.05) is 44.5 Å². The van der Waals surface area contributed by atoms with Crippen LogP contribution in [0, 0.1) is 5.82 Å². The highest BCUT2D eigenvalue weighted by molar-refractivity contribution is 5.90. The van der Waals surface area contributed by atoms with E-state index in [1.807, 2.05) is 19.1 Å². The number of aryl methyl sites for hydroxylation is 1. The molecule has 0 bridgehead atoms. The lowest BCUT2D eigenvalue weighted by Gasteiger charge is -2.08. The maximum absolute atomic E-state index is 14.3. The van der Waals surface area contributed by atoms with Crippen molar-refractivity contribution >= 4 is 5.97 Å². The molecule has 2 aromatic carbocycles. The van der Waals surface area contributed by atoms with Gasteiger partial charge in [0.15, 0.2) is 0 Å². The molecule has 0 fully saturated rings. The highest BCUT2D eigenvalue weighted by atomic mass is 19.1. The monoisotopic (exact) mass is 314 g/mol. The van der Waals surface area contributed by atoms with E-state index in [-0.39, 0.29) is 11.8 Å². The van der Waals surface area contributed by atoms with E-state index in [4.69, 9.17) is 4.74 Å². The molecular weight excluding hydrogens is 291 g/mol. The Morgan fingerprint density at radius 2 is 1.78 bits per heavy atom. The van der Waals surface area contributed by atoms with Gasteiger partial charge in [-0.05, 0) is 48.6 Å². The molecule has 2 nitrogen and oxygen atoms in total. The van der Waals surface area contributed by atoms with E-state index in [2.05, 4.69) is 6.92 Å². The highest BCUT2D eigenvalue weighted by Gasteiger charge is 2.09. The number of ether oxygens (including phenoxy) is 1. The topological polar surface area (TPSA) is 26.3 Å². The number of rotatable bonds is 7. The summed E-state index contributed by atoms with van der Waals surface area (Å²) in [5.74, 6) is -0.561. The molecule has 0 atom stereocenters. The van der Waals surface area contributed by atoms with Gasteiger partial charge in [-0.3, -0.25) is 0 Å². The molecule has 3 heteroatoms. The summed E-state index contributed by atoms with van der Waals surface area (Å²) in [7, 11) is 0. The van der Waals surface area contributed by atoms with Crippen molar-refractivity contribution in [1.29, 1.82) is 0 Å². The van der Waals surface area contributed by atoms with E-state index >= 15 is 0 Å². The van der Waals surface area contributed by atoms with E-state index in [0.717, 1.165) is 36.8 Å². The summed E-state index contributed by atoms with van der Waals surface area (Å²) >= 11 is 0. The van der Waals surface area contributed by atoms with Gasteiger partial charge >= 0.3 is 5.97 Å². The summed E-state index contributed by atoms with van der Waals surface area (Å²) in [6.07, 6.45) is 3.85. The Bertz CT molecular complexity index is 647.